The van der Waals surface area contributed by atoms with Gasteiger partial charge in [-0.3, -0.25) is 0 Å². The van der Waals surface area contributed by atoms with Crippen LogP contribution in [0.25, 0.3) is 0 Å². The van der Waals surface area contributed by atoms with E-state index in [0.717, 1.165) is 14.3 Å². The summed E-state index contributed by atoms with van der Waals surface area (Å²) in [5.74, 6) is 0. The van der Waals surface area contributed by atoms with E-state index in [9.17, 15) is 28.0 Å². The van der Waals surface area contributed by atoms with Crippen molar-refractivity contribution >= 4 is 40.5 Å². The molecule has 192 valence electrons. The molecule has 0 fully saturated rings. The molecule has 0 aliphatic rings. The van der Waals surface area contributed by atoms with Crippen LogP contribution < -0.4 is 28.0 Å². The first-order valence-electron chi connectivity index (χ1n) is 9.94. The molecule has 0 aromatic heterocycles. The van der Waals surface area contributed by atoms with Crippen LogP contribution in [0.2, 0.25) is 0 Å². The number of hydrogen-bond acceptors (Lipinski definition) is 8. The quantitative estimate of drug-likeness (QED) is 0.230. The summed E-state index contributed by atoms with van der Waals surface area (Å²) in [7, 11) is -8.83. The topological polar surface area (TPSA) is 157 Å². The minimum absolute atomic E-state index is 0.764. The number of rotatable bonds is 8. The van der Waals surface area contributed by atoms with E-state index in [2.05, 4.69) is 0 Å². The van der Waals surface area contributed by atoms with Crippen molar-refractivity contribution in [2.24, 2.45) is 0 Å². The Hall–Kier alpha value is -1.40. The van der Waals surface area contributed by atoms with E-state index in [1.807, 2.05) is 24.3 Å². The summed E-state index contributed by atoms with van der Waals surface area (Å²) in [5, 5.41) is 0. The maximum atomic E-state index is 10.8. The molecule has 8 nitrogen and oxygen atoms in total. The Kier molecular flexibility index (Phi) is 11.3. The molecule has 0 heterocycles. The molecule has 0 bridgehead atoms. The van der Waals surface area contributed by atoms with Crippen LogP contribution in [-0.2, 0) is 5.24 Å². The molecule has 0 saturated heterocycles. The van der Waals surface area contributed by atoms with Gasteiger partial charge in [0.1, 0.15) is 0 Å². The van der Waals surface area contributed by atoms with Crippen LogP contribution >= 0.6 is 40.5 Å². The molecule has 0 unspecified atom stereocenters. The first-order valence-corrected chi connectivity index (χ1v) is 18.5. The van der Waals surface area contributed by atoms with Gasteiger partial charge in [-0.25, -0.2) is 0 Å². The molecular formula is C24H20Cl2I2O8. The van der Waals surface area contributed by atoms with E-state index in [-0.39, 0.29) is 0 Å². The van der Waals surface area contributed by atoms with E-state index in [1.165, 1.54) is 0 Å². The van der Waals surface area contributed by atoms with Crippen molar-refractivity contribution in [3.05, 3.63) is 136 Å². The molecular weight excluding hydrogens is 741 g/mol. The summed E-state index contributed by atoms with van der Waals surface area (Å²) >= 11 is -5.38. The van der Waals surface area contributed by atoms with Crippen LogP contribution in [0.5, 0.6) is 0 Å². The van der Waals surface area contributed by atoms with Crippen molar-refractivity contribution in [1.29, 1.82) is 0 Å². The molecule has 36 heavy (non-hydrogen) atoms. The zero-order valence-corrected chi connectivity index (χ0v) is 24.2. The molecule has 4 rings (SSSR count). The van der Waals surface area contributed by atoms with Crippen molar-refractivity contribution < 1.29 is 53.7 Å². The van der Waals surface area contributed by atoms with Crippen LogP contribution in [0.1, 0.15) is 0 Å². The second kappa shape index (κ2) is 13.9. The fourth-order valence-electron chi connectivity index (χ4n) is 2.65. The zero-order chi connectivity index (χ0) is 26.0. The normalized spacial score (nSPS) is 12.3. The zero-order valence-electron chi connectivity index (χ0n) is 18.3. The van der Waals surface area contributed by atoms with Crippen molar-refractivity contribution in [1.82, 2.24) is 0 Å². The van der Waals surface area contributed by atoms with Gasteiger partial charge >= 0.3 is 230 Å². The Labute approximate surface area is 228 Å². The minimum atomic E-state index is -4.42. The van der Waals surface area contributed by atoms with Gasteiger partial charge in [0.2, 0.25) is 0 Å². The predicted octanol–water partition coefficient (Wildman–Crippen LogP) is 0.123. The first kappa shape index (κ1) is 29.2. The Balaban J connectivity index is 0.000000201. The molecule has 0 amide bonds. The van der Waals surface area contributed by atoms with Gasteiger partial charge < -0.3 is 0 Å². The molecule has 4 aromatic rings. The number of benzene rings is 4. The molecule has 0 aliphatic heterocycles. The molecule has 0 aliphatic carbocycles. The molecule has 12 heteroatoms. The van der Waals surface area contributed by atoms with Gasteiger partial charge in [0.05, 0.1) is 0 Å². The molecule has 0 saturated carbocycles. The van der Waals surface area contributed by atoms with Gasteiger partial charge in [0, 0.05) is 0 Å². The third kappa shape index (κ3) is 10.2. The molecule has 0 N–H and O–H groups in total. The second-order valence-electron chi connectivity index (χ2n) is 6.55. The van der Waals surface area contributed by atoms with E-state index in [1.54, 1.807) is 97.1 Å². The molecule has 0 spiro atoms. The van der Waals surface area contributed by atoms with Gasteiger partial charge in [-0.15, -0.1) is 0 Å². The van der Waals surface area contributed by atoms with Gasteiger partial charge in [0.15, 0.2) is 0 Å². The monoisotopic (exact) mass is 760 g/mol. The van der Waals surface area contributed by atoms with Crippen molar-refractivity contribution in [3.8, 4) is 0 Å². The molecule has 0 radical (unpaired) electrons. The Morgan fingerprint density at radius 2 is 0.556 bits per heavy atom. The van der Waals surface area contributed by atoms with Gasteiger partial charge in [-0.1, -0.05) is 0 Å². The Bertz CT molecular complexity index is 989. The summed E-state index contributed by atoms with van der Waals surface area (Å²) in [5.41, 5.74) is 0. The summed E-state index contributed by atoms with van der Waals surface area (Å²) in [4.78, 5) is 0. The second-order valence-corrected chi connectivity index (χ2v) is 18.1. The first-order chi connectivity index (χ1) is 17.1. The number of halogens is 4. The summed E-state index contributed by atoms with van der Waals surface area (Å²) in [6.07, 6.45) is 0. The standard InChI is InChI=1S/2C12H10ClIO4/c2*15-13(16,17)18-14(11-7-3-1-4-8-11)12-9-5-2-6-10-12/h2*1-10H. The predicted molar refractivity (Wildman–Crippen MR) is 131 cm³/mol. The van der Waals surface area contributed by atoms with Crippen molar-refractivity contribution in [2.45, 2.75) is 0 Å². The summed E-state index contributed by atoms with van der Waals surface area (Å²) in [6.45, 7) is 0. The SMILES string of the molecule is [O-][Cl+3]([O-])([O-])OI(c1ccccc1)c1ccccc1.[O-][Cl+3]([O-])([O-])OI(c1ccccc1)c1ccccc1. The fourth-order valence-corrected chi connectivity index (χ4v) is 13.7. The average Bonchev–Trinajstić information content (AvgIpc) is 2.87. The Morgan fingerprint density at radius 1 is 0.361 bits per heavy atom. The van der Waals surface area contributed by atoms with Gasteiger partial charge in [-0.2, -0.15) is 0 Å². The Morgan fingerprint density at radius 3 is 0.722 bits per heavy atom. The van der Waals surface area contributed by atoms with Crippen LogP contribution in [0, 0.1) is 34.8 Å². The van der Waals surface area contributed by atoms with Crippen LogP contribution in [0.3, 0.4) is 0 Å². The number of hydrogen-bond donors (Lipinski definition) is 0. The summed E-state index contributed by atoms with van der Waals surface area (Å²) in [6, 6.07) is 35.8. The summed E-state index contributed by atoms with van der Waals surface area (Å²) < 4.78 is 77.5. The van der Waals surface area contributed by atoms with E-state index < -0.39 is 61.0 Å². The van der Waals surface area contributed by atoms with E-state index >= 15 is 0 Å². The maximum absolute atomic E-state index is 10.8. The van der Waals surface area contributed by atoms with Crippen LogP contribution in [0.4, 0.5) is 0 Å². The third-order valence-corrected chi connectivity index (χ3v) is 16.3. The fraction of sp³-hybridized carbons (Fsp3) is 0. The van der Waals surface area contributed by atoms with Crippen molar-refractivity contribution in [2.75, 3.05) is 0 Å². The van der Waals surface area contributed by atoms with Crippen LogP contribution in [0.15, 0.2) is 121 Å². The third-order valence-electron chi connectivity index (χ3n) is 3.98. The van der Waals surface area contributed by atoms with E-state index in [4.69, 9.17) is 5.24 Å². The van der Waals surface area contributed by atoms with Gasteiger partial charge in [-0.05, 0) is 0 Å². The van der Waals surface area contributed by atoms with Gasteiger partial charge in [0.25, 0.3) is 0 Å². The van der Waals surface area contributed by atoms with Crippen LogP contribution in [-0.4, -0.2) is 0 Å². The van der Waals surface area contributed by atoms with E-state index in [0.29, 0.717) is 0 Å². The molecule has 4 aromatic carbocycles. The van der Waals surface area contributed by atoms with Crippen molar-refractivity contribution in [3.63, 3.8) is 0 Å². The average molecular weight is 761 g/mol. The molecule has 0 atom stereocenters.